The van der Waals surface area contributed by atoms with Crippen molar-refractivity contribution in [1.29, 1.82) is 0 Å². The maximum atomic E-state index is 12.9. The minimum Gasteiger partial charge on any atom is -0.328 e. The van der Waals surface area contributed by atoms with Gasteiger partial charge in [0.25, 0.3) is 5.56 Å². The van der Waals surface area contributed by atoms with E-state index in [1.165, 1.54) is 21.0 Å². The van der Waals surface area contributed by atoms with Gasteiger partial charge < -0.3 is 10.3 Å². The van der Waals surface area contributed by atoms with Gasteiger partial charge in [-0.05, 0) is 19.8 Å². The van der Waals surface area contributed by atoms with Crippen molar-refractivity contribution in [3.63, 3.8) is 0 Å². The van der Waals surface area contributed by atoms with Crippen LogP contribution >= 0.6 is 0 Å². The molecule has 0 saturated carbocycles. The zero-order chi connectivity index (χ0) is 18.3. The van der Waals surface area contributed by atoms with Crippen molar-refractivity contribution in [2.24, 2.45) is 12.8 Å². The van der Waals surface area contributed by atoms with Gasteiger partial charge in [0.2, 0.25) is 11.9 Å². The summed E-state index contributed by atoms with van der Waals surface area (Å²) in [5.41, 5.74) is 5.71. The van der Waals surface area contributed by atoms with Crippen LogP contribution < -0.4 is 21.9 Å². The van der Waals surface area contributed by atoms with E-state index in [0.29, 0.717) is 43.2 Å². The molecule has 2 N–H and O–H groups in total. The Morgan fingerprint density at radius 3 is 2.64 bits per heavy atom. The van der Waals surface area contributed by atoms with Gasteiger partial charge in [-0.2, -0.15) is 4.98 Å². The van der Waals surface area contributed by atoms with Crippen LogP contribution in [0.15, 0.2) is 9.59 Å². The molecular weight excluding hydrogens is 324 g/mol. The van der Waals surface area contributed by atoms with E-state index in [1.54, 1.807) is 11.6 Å². The molecule has 136 valence electrons. The van der Waals surface area contributed by atoms with E-state index >= 15 is 0 Å². The first kappa shape index (κ1) is 17.4. The number of hydrogen-bond acceptors (Lipinski definition) is 5. The smallest absolute Gasteiger partial charge is 0.328 e. The predicted molar refractivity (Wildman–Crippen MR) is 94.8 cm³/mol. The highest BCUT2D eigenvalue weighted by atomic mass is 16.2. The molecule has 2 aromatic rings. The van der Waals surface area contributed by atoms with Gasteiger partial charge in [0.15, 0.2) is 11.2 Å². The van der Waals surface area contributed by atoms with Gasteiger partial charge in [0, 0.05) is 39.6 Å². The van der Waals surface area contributed by atoms with Crippen LogP contribution in [-0.4, -0.2) is 37.2 Å². The average Bonchev–Trinajstić information content (AvgIpc) is 3.10. The quantitative estimate of drug-likeness (QED) is 0.752. The third-order valence-corrected chi connectivity index (χ3v) is 4.67. The number of anilines is 1. The van der Waals surface area contributed by atoms with Crippen molar-refractivity contribution in [3.8, 4) is 0 Å². The number of carbonyl (C=O) groups is 1. The first-order valence-electron chi connectivity index (χ1n) is 8.56. The van der Waals surface area contributed by atoms with Crippen molar-refractivity contribution in [2.45, 2.75) is 52.2 Å². The van der Waals surface area contributed by atoms with Crippen LogP contribution in [0.3, 0.4) is 0 Å². The Kier molecular flexibility index (Phi) is 4.51. The van der Waals surface area contributed by atoms with E-state index in [0.717, 1.165) is 12.8 Å². The lowest BCUT2D eigenvalue weighted by atomic mass is 10.1. The standard InChI is InChI=1S/C16H24N6O3/c1-10(17)6-4-5-7-22-14(24)12-13(19(3)16(22)25)18-15-20(11(2)23)8-9-21(12)15/h10H,4-9,17H2,1-3H3/t10-/m0/s1. The molecule has 0 aliphatic carbocycles. The molecule has 1 amide bonds. The van der Waals surface area contributed by atoms with E-state index < -0.39 is 0 Å². The summed E-state index contributed by atoms with van der Waals surface area (Å²) in [6.45, 7) is 4.75. The summed E-state index contributed by atoms with van der Waals surface area (Å²) in [4.78, 5) is 43.1. The first-order chi connectivity index (χ1) is 11.8. The van der Waals surface area contributed by atoms with E-state index in [2.05, 4.69) is 4.98 Å². The second-order valence-corrected chi connectivity index (χ2v) is 6.68. The van der Waals surface area contributed by atoms with Crippen molar-refractivity contribution in [2.75, 3.05) is 11.4 Å². The molecule has 0 radical (unpaired) electrons. The molecule has 0 fully saturated rings. The number of imidazole rings is 1. The van der Waals surface area contributed by atoms with Crippen molar-refractivity contribution >= 4 is 23.0 Å². The number of aromatic nitrogens is 4. The number of nitrogens with two attached hydrogens (primary N) is 1. The van der Waals surface area contributed by atoms with Gasteiger partial charge in [-0.25, -0.2) is 4.79 Å². The van der Waals surface area contributed by atoms with Crippen LogP contribution in [0.1, 0.15) is 33.1 Å². The van der Waals surface area contributed by atoms with Gasteiger partial charge >= 0.3 is 5.69 Å². The Morgan fingerprint density at radius 1 is 1.28 bits per heavy atom. The number of aryl methyl sites for hydroxylation is 1. The second kappa shape index (κ2) is 6.47. The maximum absolute atomic E-state index is 12.9. The Hall–Kier alpha value is -2.42. The third-order valence-electron chi connectivity index (χ3n) is 4.67. The summed E-state index contributed by atoms with van der Waals surface area (Å²) in [5, 5.41) is 0. The summed E-state index contributed by atoms with van der Waals surface area (Å²) in [6.07, 6.45) is 2.42. The summed E-state index contributed by atoms with van der Waals surface area (Å²) >= 11 is 0. The molecule has 3 rings (SSSR count). The molecule has 1 atom stereocenters. The van der Waals surface area contributed by atoms with Gasteiger partial charge in [0.05, 0.1) is 0 Å². The molecule has 9 heteroatoms. The van der Waals surface area contributed by atoms with Crippen LogP contribution in [0.5, 0.6) is 0 Å². The van der Waals surface area contributed by atoms with Crippen LogP contribution in [0.2, 0.25) is 0 Å². The summed E-state index contributed by atoms with van der Waals surface area (Å²) in [7, 11) is 1.60. The van der Waals surface area contributed by atoms with E-state index in [-0.39, 0.29) is 23.2 Å². The fourth-order valence-electron chi connectivity index (χ4n) is 3.31. The first-order valence-corrected chi connectivity index (χ1v) is 8.56. The summed E-state index contributed by atoms with van der Waals surface area (Å²) in [5.74, 6) is 0.305. The number of rotatable bonds is 5. The second-order valence-electron chi connectivity index (χ2n) is 6.68. The molecule has 0 spiro atoms. The lowest BCUT2D eigenvalue weighted by Gasteiger charge is -2.10. The molecule has 9 nitrogen and oxygen atoms in total. The van der Waals surface area contributed by atoms with E-state index in [9.17, 15) is 14.4 Å². The number of unbranched alkanes of at least 4 members (excludes halogenated alkanes) is 1. The van der Waals surface area contributed by atoms with Gasteiger partial charge in [0.1, 0.15) is 0 Å². The van der Waals surface area contributed by atoms with Crippen molar-refractivity contribution in [1.82, 2.24) is 18.7 Å². The van der Waals surface area contributed by atoms with Crippen LogP contribution in [0.4, 0.5) is 5.95 Å². The van der Waals surface area contributed by atoms with Gasteiger partial charge in [-0.3, -0.25) is 23.6 Å². The number of fused-ring (bicyclic) bond motifs is 3. The Bertz CT molecular complexity index is 936. The highest BCUT2D eigenvalue weighted by Crippen LogP contribution is 2.24. The SMILES string of the molecule is CC(=O)N1CCn2c1nc1c2c(=O)n(CCCC[C@H](C)N)c(=O)n1C. The molecule has 0 aromatic carbocycles. The fraction of sp³-hybridized carbons (Fsp3) is 0.625. The van der Waals surface area contributed by atoms with E-state index in [1.807, 2.05) is 6.92 Å². The molecule has 1 aliphatic rings. The Labute approximate surface area is 144 Å². The minimum atomic E-state index is -0.385. The molecular formula is C16H24N6O3. The zero-order valence-corrected chi connectivity index (χ0v) is 14.9. The highest BCUT2D eigenvalue weighted by Gasteiger charge is 2.29. The molecule has 25 heavy (non-hydrogen) atoms. The van der Waals surface area contributed by atoms with Crippen molar-refractivity contribution in [3.05, 3.63) is 20.8 Å². The van der Waals surface area contributed by atoms with Crippen LogP contribution in [0, 0.1) is 0 Å². The molecule has 1 aliphatic heterocycles. The number of hydrogen-bond donors (Lipinski definition) is 1. The molecule has 0 unspecified atom stereocenters. The molecule has 3 heterocycles. The maximum Gasteiger partial charge on any atom is 0.332 e. The minimum absolute atomic E-state index is 0.109. The topological polar surface area (TPSA) is 108 Å². The van der Waals surface area contributed by atoms with Crippen LogP contribution in [0.25, 0.3) is 11.2 Å². The predicted octanol–water partition coefficient (Wildman–Crippen LogP) is -0.219. The number of amides is 1. The molecule has 0 saturated heterocycles. The Morgan fingerprint density at radius 2 is 2.00 bits per heavy atom. The third kappa shape index (κ3) is 2.88. The number of nitrogens with zero attached hydrogens (tertiary/aromatic N) is 5. The fourth-order valence-corrected chi connectivity index (χ4v) is 3.31. The Balaban J connectivity index is 2.05. The molecule has 2 aromatic heterocycles. The normalized spacial score (nSPS) is 15.0. The van der Waals surface area contributed by atoms with E-state index in [4.69, 9.17) is 5.73 Å². The summed E-state index contributed by atoms with van der Waals surface area (Å²) in [6, 6.07) is 0.109. The summed E-state index contributed by atoms with van der Waals surface area (Å²) < 4.78 is 4.37. The number of carbonyl (C=O) groups excluding carboxylic acids is 1. The largest absolute Gasteiger partial charge is 0.332 e. The van der Waals surface area contributed by atoms with Gasteiger partial charge in [-0.15, -0.1) is 0 Å². The lowest BCUT2D eigenvalue weighted by Crippen LogP contribution is -2.39. The average molecular weight is 348 g/mol. The monoisotopic (exact) mass is 348 g/mol. The van der Waals surface area contributed by atoms with Crippen LogP contribution in [-0.2, 0) is 24.9 Å². The van der Waals surface area contributed by atoms with Crippen molar-refractivity contribution < 1.29 is 4.79 Å². The van der Waals surface area contributed by atoms with Gasteiger partial charge in [-0.1, -0.05) is 6.42 Å². The molecule has 0 bridgehead atoms. The highest BCUT2D eigenvalue weighted by molar-refractivity contribution is 5.92. The zero-order valence-electron chi connectivity index (χ0n) is 14.9. The lowest BCUT2D eigenvalue weighted by molar-refractivity contribution is -0.116.